The summed E-state index contributed by atoms with van der Waals surface area (Å²) in [7, 11) is 0. The molecular weight excluding hydrogens is 160 g/mol. The van der Waals surface area contributed by atoms with Gasteiger partial charge in [-0.25, -0.2) is 0 Å². The zero-order chi connectivity index (χ0) is 11.1. The third kappa shape index (κ3) is 2.70. The van der Waals surface area contributed by atoms with Gasteiger partial charge in [0.1, 0.15) is 0 Å². The predicted octanol–water partition coefficient (Wildman–Crippen LogP) is 3.77. The van der Waals surface area contributed by atoms with E-state index in [9.17, 15) is 0 Å². The van der Waals surface area contributed by atoms with E-state index < -0.39 is 0 Å². The minimum Gasteiger partial charge on any atom is -0.378 e. The standard InChI is InChI=1S/C12H24O/c1-4-7-12(8-5-2)9-11(6-3)13-10-12/h11H,4-10H2,1-3H3/i1T,2T. The van der Waals surface area contributed by atoms with Crippen molar-refractivity contribution in [1.82, 2.24) is 0 Å². The van der Waals surface area contributed by atoms with E-state index in [0.717, 1.165) is 45.1 Å². The summed E-state index contributed by atoms with van der Waals surface area (Å²) in [6.07, 6.45) is 6.89. The van der Waals surface area contributed by atoms with Gasteiger partial charge in [-0.05, 0) is 31.1 Å². The van der Waals surface area contributed by atoms with Crippen molar-refractivity contribution in [3.05, 3.63) is 0 Å². The van der Waals surface area contributed by atoms with Gasteiger partial charge in [0.2, 0.25) is 0 Å². The molecule has 0 spiro atoms. The normalized spacial score (nSPS) is 28.5. The van der Waals surface area contributed by atoms with Gasteiger partial charge < -0.3 is 4.74 Å². The zero-order valence-electron chi connectivity index (χ0n) is 10.8. The summed E-state index contributed by atoms with van der Waals surface area (Å²) in [5.41, 5.74) is 0.308. The van der Waals surface area contributed by atoms with Crippen molar-refractivity contribution in [1.29, 1.82) is 0 Å². The lowest BCUT2D eigenvalue weighted by Crippen LogP contribution is -2.20. The Bertz CT molecular complexity index is 165. The van der Waals surface area contributed by atoms with Crippen LogP contribution in [-0.4, -0.2) is 12.7 Å². The minimum absolute atomic E-state index is 0.308. The molecule has 1 saturated heterocycles. The van der Waals surface area contributed by atoms with E-state index in [2.05, 4.69) is 6.92 Å². The highest BCUT2D eigenvalue weighted by Crippen LogP contribution is 2.41. The second kappa shape index (κ2) is 4.99. The summed E-state index contributed by atoms with van der Waals surface area (Å²) >= 11 is 0. The van der Waals surface area contributed by atoms with Crippen molar-refractivity contribution in [2.24, 2.45) is 5.41 Å². The Balaban J connectivity index is 2.45. The van der Waals surface area contributed by atoms with E-state index >= 15 is 0 Å². The van der Waals surface area contributed by atoms with Crippen LogP contribution in [0.25, 0.3) is 0 Å². The average molecular weight is 188 g/mol. The van der Waals surface area contributed by atoms with Crippen LogP contribution in [0.2, 0.25) is 0 Å². The van der Waals surface area contributed by atoms with Crippen LogP contribution in [0.5, 0.6) is 0 Å². The number of ether oxygens (including phenoxy) is 1. The zero-order valence-corrected chi connectivity index (χ0v) is 8.85. The summed E-state index contributed by atoms with van der Waals surface area (Å²) in [5, 5.41) is 0. The first-order chi connectivity index (χ1) is 7.26. The summed E-state index contributed by atoms with van der Waals surface area (Å²) in [5.74, 6) is 0. The summed E-state index contributed by atoms with van der Waals surface area (Å²) < 4.78 is 20.3. The molecule has 1 nitrogen and oxygen atoms in total. The third-order valence-corrected chi connectivity index (χ3v) is 3.16. The van der Waals surface area contributed by atoms with Gasteiger partial charge in [-0.3, -0.25) is 0 Å². The lowest BCUT2D eigenvalue weighted by atomic mass is 9.77. The first-order valence-electron chi connectivity index (χ1n) is 6.88. The van der Waals surface area contributed by atoms with Gasteiger partial charge in [-0.1, -0.05) is 33.6 Å². The molecule has 0 saturated carbocycles. The third-order valence-electron chi connectivity index (χ3n) is 3.16. The SMILES string of the molecule is [3H]CCCC1(CCC[3H])COC(CC)C1. The molecule has 78 valence electrons. The summed E-state index contributed by atoms with van der Waals surface area (Å²) in [6.45, 7) is 4.10. The predicted molar refractivity (Wildman–Crippen MR) is 56.9 cm³/mol. The molecule has 1 unspecified atom stereocenters. The van der Waals surface area contributed by atoms with E-state index in [1.54, 1.807) is 0 Å². The first kappa shape index (κ1) is 8.28. The minimum atomic E-state index is 0.308. The van der Waals surface area contributed by atoms with Crippen molar-refractivity contribution < 1.29 is 7.48 Å². The Labute approximate surface area is 85.7 Å². The average Bonchev–Trinajstić information content (AvgIpc) is 2.68. The second-order valence-electron chi connectivity index (χ2n) is 4.25. The lowest BCUT2D eigenvalue weighted by Gasteiger charge is -2.26. The fourth-order valence-electron chi connectivity index (χ4n) is 2.38. The van der Waals surface area contributed by atoms with Crippen LogP contribution < -0.4 is 0 Å². The highest BCUT2D eigenvalue weighted by molar-refractivity contribution is 4.86. The molecule has 1 heterocycles. The largest absolute Gasteiger partial charge is 0.378 e. The van der Waals surface area contributed by atoms with Crippen LogP contribution >= 0.6 is 0 Å². The quantitative estimate of drug-likeness (QED) is 0.638. The molecule has 0 N–H and O–H groups in total. The van der Waals surface area contributed by atoms with E-state index in [0.29, 0.717) is 25.3 Å². The van der Waals surface area contributed by atoms with Gasteiger partial charge in [0.05, 0.1) is 12.7 Å². The monoisotopic (exact) mass is 188 g/mol. The van der Waals surface area contributed by atoms with Crippen LogP contribution in [0.15, 0.2) is 0 Å². The van der Waals surface area contributed by atoms with Crippen molar-refractivity contribution in [3.8, 4) is 0 Å². The number of hydrogen-bond acceptors (Lipinski definition) is 1. The maximum absolute atomic E-state index is 7.25. The molecule has 0 aromatic heterocycles. The van der Waals surface area contributed by atoms with Crippen molar-refractivity contribution in [2.45, 2.75) is 65.4 Å². The highest BCUT2D eigenvalue weighted by Gasteiger charge is 2.37. The molecule has 13 heavy (non-hydrogen) atoms. The lowest BCUT2D eigenvalue weighted by molar-refractivity contribution is 0.0880. The van der Waals surface area contributed by atoms with Gasteiger partial charge >= 0.3 is 0 Å². The Morgan fingerprint density at radius 2 is 2.08 bits per heavy atom. The molecule has 1 aliphatic heterocycles. The second-order valence-corrected chi connectivity index (χ2v) is 4.25. The Morgan fingerprint density at radius 3 is 2.54 bits per heavy atom. The molecule has 0 radical (unpaired) electrons. The van der Waals surface area contributed by atoms with E-state index in [1.807, 2.05) is 0 Å². The van der Waals surface area contributed by atoms with Gasteiger partial charge in [-0.15, -0.1) is 0 Å². The molecule has 0 aromatic rings. The van der Waals surface area contributed by atoms with Crippen LogP contribution in [0.3, 0.4) is 0 Å². The van der Waals surface area contributed by atoms with Crippen LogP contribution in [0, 0.1) is 5.41 Å². The first-order valence-corrected chi connectivity index (χ1v) is 5.46. The summed E-state index contributed by atoms with van der Waals surface area (Å²) in [4.78, 5) is 0. The fraction of sp³-hybridized carbons (Fsp3) is 1.00. The molecule has 1 fully saturated rings. The van der Waals surface area contributed by atoms with Crippen molar-refractivity contribution in [2.75, 3.05) is 6.61 Å². The Morgan fingerprint density at radius 1 is 1.38 bits per heavy atom. The van der Waals surface area contributed by atoms with Gasteiger partial charge in [0.15, 0.2) is 0 Å². The molecule has 0 aliphatic carbocycles. The molecule has 1 rings (SSSR count). The van der Waals surface area contributed by atoms with E-state index in [1.165, 1.54) is 0 Å². The van der Waals surface area contributed by atoms with Crippen LogP contribution in [0.4, 0.5) is 0 Å². The topological polar surface area (TPSA) is 9.23 Å². The van der Waals surface area contributed by atoms with Crippen LogP contribution in [0.1, 0.15) is 62.0 Å². The molecule has 0 aromatic carbocycles. The fourth-order valence-corrected chi connectivity index (χ4v) is 2.38. The number of rotatable bonds is 5. The van der Waals surface area contributed by atoms with Gasteiger partial charge in [0, 0.05) is 2.74 Å². The van der Waals surface area contributed by atoms with Crippen molar-refractivity contribution in [3.63, 3.8) is 0 Å². The van der Waals surface area contributed by atoms with Crippen molar-refractivity contribution >= 4 is 0 Å². The molecule has 0 bridgehead atoms. The molecule has 1 aliphatic rings. The van der Waals surface area contributed by atoms with Gasteiger partial charge in [-0.2, -0.15) is 0 Å². The maximum atomic E-state index is 7.25. The van der Waals surface area contributed by atoms with E-state index in [4.69, 9.17) is 7.48 Å². The van der Waals surface area contributed by atoms with E-state index in [-0.39, 0.29) is 0 Å². The van der Waals surface area contributed by atoms with Gasteiger partial charge in [0.25, 0.3) is 0 Å². The Hall–Kier alpha value is -0.0400. The molecule has 1 heteroatoms. The molecular formula is C12H24O. The molecule has 0 amide bonds. The van der Waals surface area contributed by atoms with Crippen LogP contribution in [-0.2, 0) is 4.74 Å². The maximum Gasteiger partial charge on any atom is 0.0579 e. The number of hydrogen-bond donors (Lipinski definition) is 0. The Kier molecular flexibility index (Phi) is 3.18. The highest BCUT2D eigenvalue weighted by atomic mass is 16.5. The smallest absolute Gasteiger partial charge is 0.0579 e. The summed E-state index contributed by atoms with van der Waals surface area (Å²) in [6, 6.07) is 0. The molecule has 1 atom stereocenters.